The van der Waals surface area contributed by atoms with E-state index in [9.17, 15) is 32.9 Å². The molecule has 3 rings (SSSR count). The predicted octanol–water partition coefficient (Wildman–Crippen LogP) is 4.70. The lowest BCUT2D eigenvalue weighted by Crippen LogP contribution is -2.23. The van der Waals surface area contributed by atoms with Crippen LogP contribution in [0.5, 0.6) is 0 Å². The average Bonchev–Trinajstić information content (AvgIpc) is 3.11. The van der Waals surface area contributed by atoms with Crippen LogP contribution in [0.15, 0.2) is 41.0 Å². The highest BCUT2D eigenvalue weighted by atomic mass is 19.4. The number of furan rings is 1. The van der Waals surface area contributed by atoms with Crippen LogP contribution in [0.25, 0.3) is 11.0 Å². The lowest BCUT2D eigenvalue weighted by molar-refractivity contribution is -0.385. The molecule has 0 unspecified atom stereocenters. The van der Waals surface area contributed by atoms with E-state index in [0.29, 0.717) is 17.2 Å². The molecular formula is C21H17F3N2O6. The summed E-state index contributed by atoms with van der Waals surface area (Å²) < 4.78 is 49.9. The number of nitro groups is 1. The first kappa shape index (κ1) is 22.8. The maximum absolute atomic E-state index is 13.2. The molecule has 11 heteroatoms. The largest absolute Gasteiger partial charge is 0.464 e. The van der Waals surface area contributed by atoms with Crippen LogP contribution in [0, 0.1) is 24.0 Å². The minimum absolute atomic E-state index is 0.200. The molecule has 0 fully saturated rings. The number of hydrogen-bond acceptors (Lipinski definition) is 6. The zero-order valence-electron chi connectivity index (χ0n) is 16.9. The Hall–Kier alpha value is -3.89. The number of carbonyl (C=O) groups is 2. The fourth-order valence-electron chi connectivity index (χ4n) is 3.05. The zero-order valence-corrected chi connectivity index (χ0v) is 16.9. The van der Waals surface area contributed by atoms with Crippen LogP contribution >= 0.6 is 0 Å². The van der Waals surface area contributed by atoms with Crippen molar-refractivity contribution in [3.05, 3.63) is 69.0 Å². The number of nitrogens with zero attached hydrogens (tertiary/aromatic N) is 1. The molecule has 32 heavy (non-hydrogen) atoms. The Kier molecular flexibility index (Phi) is 6.19. The van der Waals surface area contributed by atoms with Crippen LogP contribution in [-0.2, 0) is 26.9 Å². The minimum Gasteiger partial charge on any atom is -0.464 e. The molecule has 1 N–H and O–H groups in total. The van der Waals surface area contributed by atoms with E-state index in [1.54, 1.807) is 6.07 Å². The van der Waals surface area contributed by atoms with Crippen LogP contribution < -0.4 is 5.32 Å². The van der Waals surface area contributed by atoms with Gasteiger partial charge in [0.2, 0.25) is 0 Å². The summed E-state index contributed by atoms with van der Waals surface area (Å²) in [5, 5.41) is 13.4. The van der Waals surface area contributed by atoms with Gasteiger partial charge in [-0.1, -0.05) is 12.1 Å². The molecule has 0 saturated carbocycles. The van der Waals surface area contributed by atoms with Gasteiger partial charge in [-0.3, -0.25) is 19.7 Å². The Morgan fingerprint density at radius 1 is 1.19 bits per heavy atom. The van der Waals surface area contributed by atoms with E-state index < -0.39 is 46.5 Å². The molecule has 0 atom stereocenters. The van der Waals surface area contributed by atoms with Gasteiger partial charge in [-0.25, -0.2) is 0 Å². The number of aryl methyl sites for hydroxylation is 2. The molecule has 0 aliphatic heterocycles. The van der Waals surface area contributed by atoms with Gasteiger partial charge in [0, 0.05) is 23.1 Å². The van der Waals surface area contributed by atoms with Gasteiger partial charge in [0.25, 0.3) is 11.6 Å². The third-order valence-electron chi connectivity index (χ3n) is 4.83. The number of anilines is 1. The summed E-state index contributed by atoms with van der Waals surface area (Å²) in [6, 6.07) is 5.57. The van der Waals surface area contributed by atoms with Crippen molar-refractivity contribution in [1.29, 1.82) is 0 Å². The fraction of sp³-hybridized carbons (Fsp3) is 0.238. The minimum atomic E-state index is -4.94. The summed E-state index contributed by atoms with van der Waals surface area (Å²) in [7, 11) is 0. The van der Waals surface area contributed by atoms with E-state index in [4.69, 9.17) is 9.15 Å². The second kappa shape index (κ2) is 8.69. The normalized spacial score (nSPS) is 11.4. The van der Waals surface area contributed by atoms with Crippen LogP contribution in [0.2, 0.25) is 0 Å². The number of ether oxygens (including phenoxy) is 1. The number of halogens is 3. The van der Waals surface area contributed by atoms with E-state index in [1.807, 2.05) is 25.2 Å². The molecule has 2 aromatic carbocycles. The van der Waals surface area contributed by atoms with Crippen LogP contribution in [0.3, 0.4) is 0 Å². The highest BCUT2D eigenvalue weighted by Crippen LogP contribution is 2.37. The molecule has 1 heterocycles. The Balaban J connectivity index is 1.65. The first-order valence-electron chi connectivity index (χ1n) is 9.24. The molecule has 0 radical (unpaired) electrons. The van der Waals surface area contributed by atoms with E-state index >= 15 is 0 Å². The summed E-state index contributed by atoms with van der Waals surface area (Å²) in [6.07, 6.45) is -3.73. The van der Waals surface area contributed by atoms with Crippen molar-refractivity contribution in [2.75, 3.05) is 11.9 Å². The lowest BCUT2D eigenvalue weighted by Gasteiger charge is -2.13. The second-order valence-corrected chi connectivity index (χ2v) is 7.02. The second-order valence-electron chi connectivity index (χ2n) is 7.02. The smallest absolute Gasteiger partial charge is 0.418 e. The number of amides is 1. The number of esters is 1. The first-order valence-corrected chi connectivity index (χ1v) is 9.24. The molecule has 3 aromatic rings. The topological polar surface area (TPSA) is 112 Å². The standard InChI is InChI=1S/C21H17F3N2O6/c1-11-3-5-15-13(9-32-20(15)12(11)2)7-19(28)31-10-18(27)25-17-6-4-14(26(29)30)8-16(17)21(22,23)24/h3-6,8-9H,7,10H2,1-2H3,(H,25,27). The molecule has 8 nitrogen and oxygen atoms in total. The summed E-state index contributed by atoms with van der Waals surface area (Å²) in [5.41, 5.74) is 0.260. The van der Waals surface area contributed by atoms with Crippen LogP contribution in [0.1, 0.15) is 22.3 Å². The monoisotopic (exact) mass is 450 g/mol. The van der Waals surface area contributed by atoms with Gasteiger partial charge in [-0.2, -0.15) is 13.2 Å². The zero-order chi connectivity index (χ0) is 23.6. The number of fused-ring (bicyclic) bond motifs is 1. The number of carbonyl (C=O) groups excluding carboxylic acids is 2. The molecule has 0 bridgehead atoms. The number of non-ortho nitro benzene ring substituents is 1. The van der Waals surface area contributed by atoms with Crippen molar-refractivity contribution in [2.45, 2.75) is 26.4 Å². The number of nitrogens with one attached hydrogen (secondary N) is 1. The number of hydrogen-bond donors (Lipinski definition) is 1. The Morgan fingerprint density at radius 2 is 1.91 bits per heavy atom. The molecule has 0 saturated heterocycles. The Labute approximate surface area is 179 Å². The summed E-state index contributed by atoms with van der Waals surface area (Å²) in [5.74, 6) is -1.80. The van der Waals surface area contributed by atoms with Crippen molar-refractivity contribution in [1.82, 2.24) is 0 Å². The number of alkyl halides is 3. The number of rotatable bonds is 6. The Morgan fingerprint density at radius 3 is 2.56 bits per heavy atom. The predicted molar refractivity (Wildman–Crippen MR) is 107 cm³/mol. The molecule has 0 aliphatic rings. The third-order valence-corrected chi connectivity index (χ3v) is 4.83. The van der Waals surface area contributed by atoms with Crippen molar-refractivity contribution in [3.63, 3.8) is 0 Å². The maximum Gasteiger partial charge on any atom is 0.418 e. The highest BCUT2D eigenvalue weighted by Gasteiger charge is 2.35. The first-order chi connectivity index (χ1) is 15.0. The van der Waals surface area contributed by atoms with Gasteiger partial charge < -0.3 is 14.5 Å². The maximum atomic E-state index is 13.2. The van der Waals surface area contributed by atoms with Gasteiger partial charge in [0.05, 0.1) is 28.9 Å². The molecular weight excluding hydrogens is 433 g/mol. The third kappa shape index (κ3) is 4.88. The van der Waals surface area contributed by atoms with Gasteiger partial charge >= 0.3 is 12.1 Å². The van der Waals surface area contributed by atoms with Crippen molar-refractivity contribution >= 4 is 34.2 Å². The molecule has 0 aliphatic carbocycles. The quantitative estimate of drug-likeness (QED) is 0.331. The number of nitro benzene ring substituents is 1. The SMILES string of the molecule is Cc1ccc2c(CC(=O)OCC(=O)Nc3ccc([N+](=O)[O-])cc3C(F)(F)F)coc2c1C. The summed E-state index contributed by atoms with van der Waals surface area (Å²) in [6.45, 7) is 2.96. The molecule has 1 amide bonds. The Bertz CT molecular complexity index is 1220. The van der Waals surface area contributed by atoms with Gasteiger partial charge in [0.15, 0.2) is 6.61 Å². The average molecular weight is 450 g/mol. The molecule has 0 spiro atoms. The van der Waals surface area contributed by atoms with Crippen molar-refractivity contribution in [3.8, 4) is 0 Å². The van der Waals surface area contributed by atoms with Crippen molar-refractivity contribution in [2.24, 2.45) is 0 Å². The number of benzene rings is 2. The van der Waals surface area contributed by atoms with Gasteiger partial charge in [0.1, 0.15) is 5.58 Å². The van der Waals surface area contributed by atoms with Crippen LogP contribution in [0.4, 0.5) is 24.5 Å². The van der Waals surface area contributed by atoms with E-state index in [1.165, 1.54) is 6.26 Å². The van der Waals surface area contributed by atoms with Gasteiger partial charge in [-0.05, 0) is 31.0 Å². The summed E-state index contributed by atoms with van der Waals surface area (Å²) in [4.78, 5) is 33.9. The molecule has 1 aromatic heterocycles. The van der Waals surface area contributed by atoms with Crippen LogP contribution in [-0.4, -0.2) is 23.4 Å². The van der Waals surface area contributed by atoms with Crippen molar-refractivity contribution < 1.29 is 36.8 Å². The molecule has 168 valence electrons. The van der Waals surface area contributed by atoms with Gasteiger partial charge in [-0.15, -0.1) is 0 Å². The van der Waals surface area contributed by atoms with E-state index in [2.05, 4.69) is 0 Å². The lowest BCUT2D eigenvalue weighted by atomic mass is 10.0. The highest BCUT2D eigenvalue weighted by molar-refractivity contribution is 5.94. The summed E-state index contributed by atoms with van der Waals surface area (Å²) >= 11 is 0. The van der Waals surface area contributed by atoms with E-state index in [-0.39, 0.29) is 6.42 Å². The van der Waals surface area contributed by atoms with E-state index in [0.717, 1.165) is 28.6 Å². The fourth-order valence-corrected chi connectivity index (χ4v) is 3.05.